The summed E-state index contributed by atoms with van der Waals surface area (Å²) in [7, 11) is 0. The summed E-state index contributed by atoms with van der Waals surface area (Å²) in [5.41, 5.74) is 2.47. The quantitative estimate of drug-likeness (QED) is 0.433. The lowest BCUT2D eigenvalue weighted by Crippen LogP contribution is -2.36. The predicted octanol–water partition coefficient (Wildman–Crippen LogP) is 6.04. The number of nitrogens with one attached hydrogen (secondary N) is 1. The molecule has 1 N–H and O–H groups in total. The topological polar surface area (TPSA) is 75.7 Å². The minimum Gasteiger partial charge on any atom is -0.493 e. The van der Waals surface area contributed by atoms with Crippen molar-refractivity contribution in [1.82, 2.24) is 4.90 Å². The van der Waals surface area contributed by atoms with Gasteiger partial charge in [0.05, 0.1) is 11.5 Å². The Morgan fingerprint density at radius 3 is 2.56 bits per heavy atom. The third-order valence-electron chi connectivity index (χ3n) is 4.76. The molecule has 0 spiro atoms. The van der Waals surface area contributed by atoms with Crippen LogP contribution in [0.3, 0.4) is 0 Å². The molecule has 1 saturated heterocycles. The van der Waals surface area contributed by atoms with Crippen molar-refractivity contribution in [2.24, 2.45) is 0 Å². The van der Waals surface area contributed by atoms with E-state index < -0.39 is 17.1 Å². The van der Waals surface area contributed by atoms with Crippen LogP contribution >= 0.6 is 27.7 Å². The number of thioether (sulfide) groups is 1. The number of anilines is 1. The van der Waals surface area contributed by atoms with E-state index in [0.29, 0.717) is 29.5 Å². The summed E-state index contributed by atoms with van der Waals surface area (Å²) >= 11 is 4.24. The average molecular weight is 517 g/mol. The van der Waals surface area contributed by atoms with E-state index in [9.17, 15) is 14.4 Å². The highest BCUT2D eigenvalue weighted by Crippen LogP contribution is 2.35. The second kappa shape index (κ2) is 10.8. The summed E-state index contributed by atoms with van der Waals surface area (Å²) in [5.74, 6) is 0.0939. The molecule has 0 radical (unpaired) electrons. The third kappa shape index (κ3) is 6.01. The molecule has 0 bridgehead atoms. The fourth-order valence-electron chi connectivity index (χ4n) is 3.05. The number of carbonyl (C=O) groups is 3. The number of hydrogen-bond acceptors (Lipinski definition) is 5. The van der Waals surface area contributed by atoms with Gasteiger partial charge in [0.1, 0.15) is 12.3 Å². The first-order chi connectivity index (χ1) is 15.3. The molecule has 2 aromatic rings. The first-order valence-electron chi connectivity index (χ1n) is 10.4. The molecule has 0 saturated carbocycles. The average Bonchev–Trinajstić information content (AvgIpc) is 3.01. The van der Waals surface area contributed by atoms with Crippen LogP contribution in [0.15, 0.2) is 51.8 Å². The SMILES string of the molecule is CCCOc1ccc(Br)cc1/C=C1/SC(=O)N(CC(=O)Nc2ccc(C(C)C)cc2)C1=O. The number of nitrogens with zero attached hydrogens (tertiary/aromatic N) is 1. The van der Waals surface area contributed by atoms with E-state index in [1.54, 1.807) is 6.08 Å². The highest BCUT2D eigenvalue weighted by atomic mass is 79.9. The van der Waals surface area contributed by atoms with Gasteiger partial charge in [0.15, 0.2) is 0 Å². The molecule has 1 aliphatic rings. The maximum absolute atomic E-state index is 12.8. The van der Waals surface area contributed by atoms with E-state index in [1.807, 2.05) is 49.4 Å². The number of imide groups is 1. The number of carbonyl (C=O) groups excluding carboxylic acids is 3. The van der Waals surface area contributed by atoms with Gasteiger partial charge in [-0.3, -0.25) is 19.3 Å². The van der Waals surface area contributed by atoms with Gasteiger partial charge in [0.2, 0.25) is 5.91 Å². The number of benzene rings is 2. The minimum atomic E-state index is -0.494. The smallest absolute Gasteiger partial charge is 0.294 e. The summed E-state index contributed by atoms with van der Waals surface area (Å²) in [4.78, 5) is 38.9. The Kier molecular flexibility index (Phi) is 8.15. The Morgan fingerprint density at radius 1 is 1.19 bits per heavy atom. The van der Waals surface area contributed by atoms with Gasteiger partial charge in [-0.2, -0.15) is 0 Å². The molecular formula is C24H25BrN2O4S. The normalized spacial score (nSPS) is 15.0. The van der Waals surface area contributed by atoms with Crippen LogP contribution in [0, 0.1) is 0 Å². The van der Waals surface area contributed by atoms with Crippen LogP contribution in [-0.2, 0) is 9.59 Å². The molecular weight excluding hydrogens is 492 g/mol. The van der Waals surface area contributed by atoms with E-state index in [-0.39, 0.29) is 11.4 Å². The van der Waals surface area contributed by atoms with Crippen LogP contribution in [-0.4, -0.2) is 35.1 Å². The summed E-state index contributed by atoms with van der Waals surface area (Å²) in [6.45, 7) is 6.39. The molecule has 1 heterocycles. The minimum absolute atomic E-state index is 0.253. The zero-order valence-electron chi connectivity index (χ0n) is 18.2. The Bertz CT molecular complexity index is 1050. The van der Waals surface area contributed by atoms with Crippen molar-refractivity contribution >= 4 is 56.5 Å². The molecule has 0 aromatic heterocycles. The Balaban J connectivity index is 1.70. The summed E-state index contributed by atoms with van der Waals surface area (Å²) in [5, 5.41) is 2.27. The number of amides is 3. The van der Waals surface area contributed by atoms with Gasteiger partial charge in [-0.15, -0.1) is 0 Å². The van der Waals surface area contributed by atoms with E-state index in [2.05, 4.69) is 35.1 Å². The molecule has 3 amide bonds. The zero-order valence-corrected chi connectivity index (χ0v) is 20.6. The Labute approximate surface area is 200 Å². The highest BCUT2D eigenvalue weighted by molar-refractivity contribution is 9.10. The largest absolute Gasteiger partial charge is 0.493 e. The molecule has 32 heavy (non-hydrogen) atoms. The van der Waals surface area contributed by atoms with Crippen LogP contribution in [0.4, 0.5) is 10.5 Å². The Morgan fingerprint density at radius 2 is 1.91 bits per heavy atom. The third-order valence-corrected chi connectivity index (χ3v) is 6.16. The van der Waals surface area contributed by atoms with Crippen molar-refractivity contribution in [3.8, 4) is 5.75 Å². The molecule has 2 aromatic carbocycles. The van der Waals surface area contributed by atoms with E-state index in [4.69, 9.17) is 4.74 Å². The zero-order chi connectivity index (χ0) is 23.3. The van der Waals surface area contributed by atoms with Crippen LogP contribution in [0.2, 0.25) is 0 Å². The van der Waals surface area contributed by atoms with Crippen molar-refractivity contribution in [1.29, 1.82) is 0 Å². The number of halogens is 1. The van der Waals surface area contributed by atoms with Gasteiger partial charge in [-0.25, -0.2) is 0 Å². The second-order valence-electron chi connectivity index (χ2n) is 7.62. The van der Waals surface area contributed by atoms with Gasteiger partial charge in [0, 0.05) is 15.7 Å². The highest BCUT2D eigenvalue weighted by Gasteiger charge is 2.36. The second-order valence-corrected chi connectivity index (χ2v) is 9.53. The van der Waals surface area contributed by atoms with Gasteiger partial charge in [-0.05, 0) is 66.1 Å². The molecule has 1 aliphatic heterocycles. The number of ether oxygens (including phenoxy) is 1. The monoisotopic (exact) mass is 516 g/mol. The summed E-state index contributed by atoms with van der Waals surface area (Å²) in [6, 6.07) is 13.0. The maximum Gasteiger partial charge on any atom is 0.294 e. The molecule has 6 nitrogen and oxygen atoms in total. The predicted molar refractivity (Wildman–Crippen MR) is 132 cm³/mol. The number of hydrogen-bond donors (Lipinski definition) is 1. The molecule has 0 unspecified atom stereocenters. The molecule has 168 valence electrons. The standard InChI is InChI=1S/C24H25BrN2O4S/c1-4-11-31-20-10-7-18(25)12-17(20)13-21-23(29)27(24(30)32-21)14-22(28)26-19-8-5-16(6-9-19)15(2)3/h5-10,12-13,15H,4,11,14H2,1-3H3,(H,26,28)/b21-13+. The van der Waals surface area contributed by atoms with Gasteiger partial charge >= 0.3 is 0 Å². The van der Waals surface area contributed by atoms with Crippen LogP contribution in [0.5, 0.6) is 5.75 Å². The van der Waals surface area contributed by atoms with Gasteiger partial charge in [-0.1, -0.05) is 48.8 Å². The van der Waals surface area contributed by atoms with E-state index >= 15 is 0 Å². The molecule has 0 aliphatic carbocycles. The molecule has 8 heteroatoms. The van der Waals surface area contributed by atoms with Crippen LogP contribution in [0.1, 0.15) is 44.2 Å². The molecule has 3 rings (SSSR count). The number of rotatable bonds is 8. The van der Waals surface area contributed by atoms with Gasteiger partial charge < -0.3 is 10.1 Å². The van der Waals surface area contributed by atoms with Crippen LogP contribution < -0.4 is 10.1 Å². The van der Waals surface area contributed by atoms with E-state index in [1.165, 1.54) is 0 Å². The van der Waals surface area contributed by atoms with Crippen LogP contribution in [0.25, 0.3) is 6.08 Å². The summed E-state index contributed by atoms with van der Waals surface area (Å²) < 4.78 is 6.57. The fourth-order valence-corrected chi connectivity index (χ4v) is 4.26. The van der Waals surface area contributed by atoms with Crippen molar-refractivity contribution in [2.45, 2.75) is 33.1 Å². The molecule has 1 fully saturated rings. The first kappa shape index (κ1) is 24.1. The van der Waals surface area contributed by atoms with Gasteiger partial charge in [0.25, 0.3) is 11.1 Å². The fraction of sp³-hybridized carbons (Fsp3) is 0.292. The maximum atomic E-state index is 12.8. The first-order valence-corrected chi connectivity index (χ1v) is 12.0. The molecule has 0 atom stereocenters. The lowest BCUT2D eigenvalue weighted by atomic mass is 10.0. The van der Waals surface area contributed by atoms with Crippen molar-refractivity contribution in [2.75, 3.05) is 18.5 Å². The van der Waals surface area contributed by atoms with Crippen molar-refractivity contribution in [3.63, 3.8) is 0 Å². The van der Waals surface area contributed by atoms with Crippen molar-refractivity contribution < 1.29 is 19.1 Å². The van der Waals surface area contributed by atoms with E-state index in [0.717, 1.165) is 33.1 Å². The lowest BCUT2D eigenvalue weighted by molar-refractivity contribution is -0.127. The van der Waals surface area contributed by atoms with Crippen molar-refractivity contribution in [3.05, 3.63) is 63.0 Å². The lowest BCUT2D eigenvalue weighted by Gasteiger charge is -2.13. The summed E-state index contributed by atoms with van der Waals surface area (Å²) in [6.07, 6.45) is 2.48. The Hall–Kier alpha value is -2.58.